The van der Waals surface area contributed by atoms with Crippen LogP contribution in [-0.2, 0) is 4.79 Å². The van der Waals surface area contributed by atoms with E-state index in [1.807, 2.05) is 5.32 Å². The molecule has 1 aromatic heterocycles. The average Bonchev–Trinajstić information content (AvgIpc) is 2.64. The molecule has 1 rings (SSSR count). The van der Waals surface area contributed by atoms with Gasteiger partial charge in [-0.3, -0.25) is 4.79 Å². The molecule has 1 atom stereocenters. The molecule has 0 aliphatic rings. The predicted octanol–water partition coefficient (Wildman–Crippen LogP) is 1.54. The van der Waals surface area contributed by atoms with E-state index in [1.54, 1.807) is 6.92 Å². The predicted molar refractivity (Wildman–Crippen MR) is 45.8 cm³/mol. The minimum atomic E-state index is -4.86. The Hall–Kier alpha value is -1.53. The molecule has 15 heavy (non-hydrogen) atoms. The smallest absolute Gasteiger partial charge is 0.347 e. The Labute approximate surface area is 83.9 Å². The van der Waals surface area contributed by atoms with Crippen LogP contribution in [0.3, 0.4) is 0 Å². The maximum Gasteiger partial charge on any atom is 0.471 e. The number of aromatic amines is 1. The van der Waals surface area contributed by atoms with E-state index in [9.17, 15) is 18.0 Å². The maximum atomic E-state index is 11.9. The first-order chi connectivity index (χ1) is 6.95. The largest absolute Gasteiger partial charge is 0.471 e. The van der Waals surface area contributed by atoms with Crippen LogP contribution in [-0.4, -0.2) is 22.1 Å². The molecular weight excluding hydrogens is 211 g/mol. The summed E-state index contributed by atoms with van der Waals surface area (Å²) < 4.78 is 35.8. The summed E-state index contributed by atoms with van der Waals surface area (Å²) in [4.78, 5) is 17.1. The van der Waals surface area contributed by atoms with E-state index in [4.69, 9.17) is 0 Å². The van der Waals surface area contributed by atoms with Gasteiger partial charge in [0.05, 0.1) is 6.04 Å². The van der Waals surface area contributed by atoms with Crippen molar-refractivity contribution in [1.82, 2.24) is 15.3 Å². The van der Waals surface area contributed by atoms with Crippen LogP contribution < -0.4 is 5.32 Å². The number of aromatic nitrogens is 2. The normalized spacial score (nSPS) is 13.6. The fourth-order valence-electron chi connectivity index (χ4n) is 1.07. The van der Waals surface area contributed by atoms with Crippen LogP contribution in [0.4, 0.5) is 13.2 Å². The molecule has 7 heteroatoms. The molecule has 0 aliphatic carbocycles. The highest BCUT2D eigenvalue weighted by atomic mass is 19.4. The Morgan fingerprint density at radius 2 is 2.33 bits per heavy atom. The summed E-state index contributed by atoms with van der Waals surface area (Å²) in [7, 11) is 0. The Morgan fingerprint density at radius 3 is 2.73 bits per heavy atom. The second kappa shape index (κ2) is 4.33. The molecule has 1 aromatic rings. The summed E-state index contributed by atoms with van der Waals surface area (Å²) in [5, 5.41) is 1.85. The van der Waals surface area contributed by atoms with Crippen LogP contribution in [0, 0.1) is 0 Å². The van der Waals surface area contributed by atoms with E-state index in [0.717, 1.165) is 0 Å². The lowest BCUT2D eigenvalue weighted by atomic mass is 10.2. The zero-order valence-corrected chi connectivity index (χ0v) is 7.93. The lowest BCUT2D eigenvalue weighted by Gasteiger charge is -2.15. The van der Waals surface area contributed by atoms with Crippen LogP contribution in [0.2, 0.25) is 0 Å². The van der Waals surface area contributed by atoms with Crippen LogP contribution in [0.5, 0.6) is 0 Å². The maximum absolute atomic E-state index is 11.9. The Balaban J connectivity index is 2.67. The standard InChI is InChI=1S/C8H10F3N3O/c1-2-5(6-12-3-4-13-6)14-7(15)8(9,10)11/h3-5H,2H2,1H3,(H,12,13)(H,14,15). The van der Waals surface area contributed by atoms with Crippen molar-refractivity contribution in [2.24, 2.45) is 0 Å². The third kappa shape index (κ3) is 2.97. The van der Waals surface area contributed by atoms with Crippen molar-refractivity contribution in [3.63, 3.8) is 0 Å². The molecule has 4 nitrogen and oxygen atoms in total. The number of alkyl halides is 3. The van der Waals surface area contributed by atoms with Gasteiger partial charge in [0.2, 0.25) is 0 Å². The van der Waals surface area contributed by atoms with Crippen molar-refractivity contribution < 1.29 is 18.0 Å². The van der Waals surface area contributed by atoms with Gasteiger partial charge in [0, 0.05) is 12.4 Å². The van der Waals surface area contributed by atoms with Gasteiger partial charge in [0.1, 0.15) is 5.82 Å². The summed E-state index contributed by atoms with van der Waals surface area (Å²) in [5.74, 6) is -1.64. The summed E-state index contributed by atoms with van der Waals surface area (Å²) in [6.45, 7) is 1.66. The SMILES string of the molecule is CCC(NC(=O)C(F)(F)F)c1ncc[nH]1. The first-order valence-corrected chi connectivity index (χ1v) is 4.32. The highest BCUT2D eigenvalue weighted by Gasteiger charge is 2.39. The fraction of sp³-hybridized carbons (Fsp3) is 0.500. The molecule has 84 valence electrons. The molecule has 0 saturated carbocycles. The number of carbonyl (C=O) groups is 1. The number of hydrogen-bond donors (Lipinski definition) is 2. The van der Waals surface area contributed by atoms with Gasteiger partial charge in [0.15, 0.2) is 0 Å². The minimum Gasteiger partial charge on any atom is -0.347 e. The minimum absolute atomic E-state index is 0.315. The second-order valence-electron chi connectivity index (χ2n) is 2.91. The Morgan fingerprint density at radius 1 is 1.67 bits per heavy atom. The first-order valence-electron chi connectivity index (χ1n) is 4.32. The number of imidazole rings is 1. The molecule has 0 bridgehead atoms. The molecule has 1 amide bonds. The number of halogens is 3. The lowest BCUT2D eigenvalue weighted by molar-refractivity contribution is -0.174. The van der Waals surface area contributed by atoms with E-state index < -0.39 is 18.1 Å². The quantitative estimate of drug-likeness (QED) is 0.813. The Kier molecular flexibility index (Phi) is 3.33. The Bertz CT molecular complexity index is 320. The third-order valence-electron chi connectivity index (χ3n) is 1.82. The molecule has 0 spiro atoms. The number of amides is 1. The molecule has 1 heterocycles. The molecule has 0 aromatic carbocycles. The van der Waals surface area contributed by atoms with Crippen LogP contribution in [0.25, 0.3) is 0 Å². The summed E-state index contributed by atoms with van der Waals surface area (Å²) in [6.07, 6.45) is -1.63. The zero-order chi connectivity index (χ0) is 11.5. The molecule has 2 N–H and O–H groups in total. The fourth-order valence-corrected chi connectivity index (χ4v) is 1.07. The molecule has 0 saturated heterocycles. The zero-order valence-electron chi connectivity index (χ0n) is 7.93. The lowest BCUT2D eigenvalue weighted by Crippen LogP contribution is -2.39. The molecule has 0 radical (unpaired) electrons. The second-order valence-corrected chi connectivity index (χ2v) is 2.91. The van der Waals surface area contributed by atoms with E-state index in [0.29, 0.717) is 12.2 Å². The van der Waals surface area contributed by atoms with Crippen molar-refractivity contribution in [2.45, 2.75) is 25.6 Å². The van der Waals surface area contributed by atoms with Crippen LogP contribution in [0.1, 0.15) is 25.2 Å². The van der Waals surface area contributed by atoms with E-state index in [-0.39, 0.29) is 0 Å². The van der Waals surface area contributed by atoms with Gasteiger partial charge in [-0.1, -0.05) is 6.92 Å². The van der Waals surface area contributed by atoms with Crippen molar-refractivity contribution in [1.29, 1.82) is 0 Å². The summed E-state index contributed by atoms with van der Waals surface area (Å²) in [6, 6.07) is -0.742. The highest BCUT2D eigenvalue weighted by molar-refractivity contribution is 5.81. The monoisotopic (exact) mass is 221 g/mol. The topological polar surface area (TPSA) is 57.8 Å². The van der Waals surface area contributed by atoms with Crippen LogP contribution in [0.15, 0.2) is 12.4 Å². The number of hydrogen-bond acceptors (Lipinski definition) is 2. The summed E-state index contributed by atoms with van der Waals surface area (Å²) in [5.41, 5.74) is 0. The van der Waals surface area contributed by atoms with Gasteiger partial charge in [-0.25, -0.2) is 4.98 Å². The first kappa shape index (κ1) is 11.5. The molecule has 1 unspecified atom stereocenters. The summed E-state index contributed by atoms with van der Waals surface area (Å²) >= 11 is 0. The number of nitrogens with zero attached hydrogens (tertiary/aromatic N) is 1. The van der Waals surface area contributed by atoms with Crippen molar-refractivity contribution in [3.05, 3.63) is 18.2 Å². The third-order valence-corrected chi connectivity index (χ3v) is 1.82. The van der Waals surface area contributed by atoms with Crippen LogP contribution >= 0.6 is 0 Å². The number of nitrogens with one attached hydrogen (secondary N) is 2. The average molecular weight is 221 g/mol. The number of carbonyl (C=O) groups excluding carboxylic acids is 1. The van der Waals surface area contributed by atoms with Gasteiger partial charge in [-0.2, -0.15) is 13.2 Å². The van der Waals surface area contributed by atoms with Gasteiger partial charge in [-0.15, -0.1) is 0 Å². The molecular formula is C8H10F3N3O. The van der Waals surface area contributed by atoms with E-state index in [1.165, 1.54) is 12.4 Å². The number of rotatable bonds is 3. The van der Waals surface area contributed by atoms with Crippen molar-refractivity contribution in [3.8, 4) is 0 Å². The molecule has 0 aliphatic heterocycles. The van der Waals surface area contributed by atoms with E-state index >= 15 is 0 Å². The molecule has 0 fully saturated rings. The van der Waals surface area contributed by atoms with Gasteiger partial charge >= 0.3 is 12.1 Å². The van der Waals surface area contributed by atoms with Crippen molar-refractivity contribution >= 4 is 5.91 Å². The van der Waals surface area contributed by atoms with Gasteiger partial charge in [0.25, 0.3) is 0 Å². The van der Waals surface area contributed by atoms with Gasteiger partial charge < -0.3 is 10.3 Å². The van der Waals surface area contributed by atoms with Gasteiger partial charge in [-0.05, 0) is 6.42 Å². The van der Waals surface area contributed by atoms with Crippen molar-refractivity contribution in [2.75, 3.05) is 0 Å². The number of H-pyrrole nitrogens is 1. The highest BCUT2D eigenvalue weighted by Crippen LogP contribution is 2.18. The van der Waals surface area contributed by atoms with E-state index in [2.05, 4.69) is 9.97 Å².